The first-order chi connectivity index (χ1) is 7.01. The maximum atomic E-state index is 13.5. The van der Waals surface area contributed by atoms with Gasteiger partial charge in [-0.15, -0.1) is 0 Å². The van der Waals surface area contributed by atoms with Gasteiger partial charge >= 0.3 is 0 Å². The molecule has 0 aliphatic rings. The van der Waals surface area contributed by atoms with Crippen molar-refractivity contribution in [3.63, 3.8) is 0 Å². The van der Waals surface area contributed by atoms with Gasteiger partial charge in [0.2, 0.25) is 0 Å². The van der Waals surface area contributed by atoms with Crippen LogP contribution in [0, 0.1) is 0 Å². The van der Waals surface area contributed by atoms with E-state index in [1.54, 1.807) is 0 Å². The van der Waals surface area contributed by atoms with Gasteiger partial charge in [-0.05, 0) is 24.7 Å². The molecule has 0 aliphatic heterocycles. The van der Waals surface area contributed by atoms with E-state index in [4.69, 9.17) is 10.5 Å². The summed E-state index contributed by atoms with van der Waals surface area (Å²) < 4.78 is 32.3. The van der Waals surface area contributed by atoms with E-state index in [1.165, 1.54) is 25.3 Å². The normalized spacial score (nSPS) is 11.5. The molecular weight excluding hydrogens is 268 g/mol. The van der Waals surface area contributed by atoms with Crippen LogP contribution in [0.15, 0.2) is 22.7 Å². The molecule has 0 bridgehead atoms. The average molecular weight is 280 g/mol. The Kier molecular flexibility index (Phi) is 4.04. The summed E-state index contributed by atoms with van der Waals surface area (Å²) in [5, 5.41) is 0. The van der Waals surface area contributed by atoms with Gasteiger partial charge in [0, 0.05) is 16.5 Å². The Labute approximate surface area is 95.5 Å². The summed E-state index contributed by atoms with van der Waals surface area (Å²) in [6, 6.07) is 4.36. The molecular formula is C10H12BrF2NO. The zero-order valence-electron chi connectivity index (χ0n) is 8.27. The van der Waals surface area contributed by atoms with E-state index in [9.17, 15) is 8.78 Å². The predicted octanol–water partition coefficient (Wildman–Crippen LogP) is 2.90. The lowest BCUT2D eigenvalue weighted by Gasteiger charge is -2.17. The van der Waals surface area contributed by atoms with Crippen LogP contribution >= 0.6 is 15.9 Å². The Balaban J connectivity index is 3.04. The van der Waals surface area contributed by atoms with Gasteiger partial charge in [-0.1, -0.05) is 15.9 Å². The number of alkyl halides is 2. The third kappa shape index (κ3) is 2.89. The zero-order valence-corrected chi connectivity index (χ0v) is 9.85. The summed E-state index contributed by atoms with van der Waals surface area (Å²) in [6.45, 7) is -0.0501. The summed E-state index contributed by atoms with van der Waals surface area (Å²) in [6.07, 6.45) is -0.363. The highest BCUT2D eigenvalue weighted by atomic mass is 79.9. The van der Waals surface area contributed by atoms with Crippen molar-refractivity contribution in [1.29, 1.82) is 0 Å². The van der Waals surface area contributed by atoms with Gasteiger partial charge in [0.25, 0.3) is 5.92 Å². The molecule has 0 fully saturated rings. The smallest absolute Gasteiger partial charge is 0.275 e. The van der Waals surface area contributed by atoms with E-state index in [-0.39, 0.29) is 18.5 Å². The van der Waals surface area contributed by atoms with Crippen molar-refractivity contribution < 1.29 is 13.5 Å². The first-order valence-electron chi connectivity index (χ1n) is 4.43. The van der Waals surface area contributed by atoms with E-state index < -0.39 is 5.92 Å². The van der Waals surface area contributed by atoms with E-state index in [2.05, 4.69) is 15.9 Å². The van der Waals surface area contributed by atoms with Gasteiger partial charge in [0.1, 0.15) is 5.75 Å². The molecule has 0 atom stereocenters. The van der Waals surface area contributed by atoms with Crippen LogP contribution in [0.5, 0.6) is 5.75 Å². The maximum Gasteiger partial charge on any atom is 0.275 e. The van der Waals surface area contributed by atoms with E-state index >= 15 is 0 Å². The lowest BCUT2D eigenvalue weighted by Crippen LogP contribution is -2.19. The zero-order chi connectivity index (χ0) is 11.5. The Hall–Kier alpha value is -0.680. The Bertz CT molecular complexity index is 344. The largest absolute Gasteiger partial charge is 0.497 e. The minimum Gasteiger partial charge on any atom is -0.497 e. The third-order valence-electron chi connectivity index (χ3n) is 2.03. The van der Waals surface area contributed by atoms with Crippen molar-refractivity contribution in [1.82, 2.24) is 0 Å². The molecule has 0 spiro atoms. The van der Waals surface area contributed by atoms with Crippen molar-refractivity contribution in [2.75, 3.05) is 13.7 Å². The Morgan fingerprint density at radius 1 is 1.47 bits per heavy atom. The van der Waals surface area contributed by atoms with Crippen LogP contribution in [0.2, 0.25) is 0 Å². The van der Waals surface area contributed by atoms with E-state index in [1.807, 2.05) is 0 Å². The average Bonchev–Trinajstić information content (AvgIpc) is 2.17. The molecule has 0 saturated heterocycles. The monoisotopic (exact) mass is 279 g/mol. The molecule has 1 aromatic rings. The number of hydrogen-bond donors (Lipinski definition) is 1. The van der Waals surface area contributed by atoms with E-state index in [0.29, 0.717) is 10.2 Å². The van der Waals surface area contributed by atoms with Crippen molar-refractivity contribution in [3.05, 3.63) is 28.2 Å². The van der Waals surface area contributed by atoms with Gasteiger partial charge < -0.3 is 10.5 Å². The lowest BCUT2D eigenvalue weighted by molar-refractivity contribution is -0.0114. The molecule has 0 aliphatic carbocycles. The first-order valence-corrected chi connectivity index (χ1v) is 5.22. The molecule has 0 heterocycles. The second kappa shape index (κ2) is 4.90. The summed E-state index contributed by atoms with van der Waals surface area (Å²) in [5.74, 6) is -2.37. The highest BCUT2D eigenvalue weighted by Gasteiger charge is 2.32. The third-order valence-corrected chi connectivity index (χ3v) is 2.68. The summed E-state index contributed by atoms with van der Waals surface area (Å²) in [4.78, 5) is 0. The summed E-state index contributed by atoms with van der Waals surface area (Å²) in [5.41, 5.74) is 5.08. The lowest BCUT2D eigenvalue weighted by atomic mass is 10.1. The molecule has 0 aromatic heterocycles. The molecule has 1 rings (SSSR count). The van der Waals surface area contributed by atoms with Gasteiger partial charge in [0.15, 0.2) is 0 Å². The number of halogens is 3. The topological polar surface area (TPSA) is 35.2 Å². The fourth-order valence-electron chi connectivity index (χ4n) is 1.24. The van der Waals surface area contributed by atoms with Crippen LogP contribution in [-0.4, -0.2) is 13.7 Å². The number of rotatable bonds is 4. The molecule has 0 amide bonds. The highest BCUT2D eigenvalue weighted by molar-refractivity contribution is 9.10. The van der Waals surface area contributed by atoms with Crippen LogP contribution in [0.3, 0.4) is 0 Å². The van der Waals surface area contributed by atoms with Crippen molar-refractivity contribution in [2.24, 2.45) is 5.73 Å². The molecule has 0 saturated carbocycles. The van der Waals surface area contributed by atoms with Crippen LogP contribution < -0.4 is 10.5 Å². The number of methoxy groups -OCH3 is 1. The number of ether oxygens (including phenoxy) is 1. The van der Waals surface area contributed by atoms with Crippen molar-refractivity contribution >= 4 is 15.9 Å². The van der Waals surface area contributed by atoms with Gasteiger partial charge in [-0.25, -0.2) is 8.78 Å². The van der Waals surface area contributed by atoms with Crippen LogP contribution in [0.25, 0.3) is 0 Å². The Morgan fingerprint density at radius 3 is 2.60 bits per heavy atom. The number of benzene rings is 1. The predicted molar refractivity (Wildman–Crippen MR) is 58.3 cm³/mol. The quantitative estimate of drug-likeness (QED) is 0.920. The molecule has 0 radical (unpaired) electrons. The summed E-state index contributed by atoms with van der Waals surface area (Å²) >= 11 is 3.09. The molecule has 84 valence electrons. The van der Waals surface area contributed by atoms with Crippen LogP contribution in [-0.2, 0) is 5.92 Å². The van der Waals surface area contributed by atoms with Gasteiger partial charge in [-0.3, -0.25) is 0 Å². The fourth-order valence-corrected chi connectivity index (χ4v) is 1.88. The molecule has 2 N–H and O–H groups in total. The standard InChI is InChI=1S/C10H12BrF2NO/c1-15-7-2-3-8(9(11)6-7)10(12,13)4-5-14/h2-3,6H,4-5,14H2,1H3. The molecule has 2 nitrogen and oxygen atoms in total. The van der Waals surface area contributed by atoms with Crippen molar-refractivity contribution in [3.8, 4) is 5.75 Å². The SMILES string of the molecule is COc1ccc(C(F)(F)CCN)c(Br)c1. The molecule has 0 unspecified atom stereocenters. The fraction of sp³-hybridized carbons (Fsp3) is 0.400. The minimum absolute atomic E-state index is 0.0501. The van der Waals surface area contributed by atoms with Gasteiger partial charge in [0.05, 0.1) is 7.11 Å². The summed E-state index contributed by atoms with van der Waals surface area (Å²) in [7, 11) is 1.49. The molecule has 5 heteroatoms. The van der Waals surface area contributed by atoms with Gasteiger partial charge in [-0.2, -0.15) is 0 Å². The second-order valence-corrected chi connectivity index (χ2v) is 3.94. The number of nitrogens with two attached hydrogens (primary N) is 1. The Morgan fingerprint density at radius 2 is 2.13 bits per heavy atom. The van der Waals surface area contributed by atoms with Crippen molar-refractivity contribution in [2.45, 2.75) is 12.3 Å². The number of hydrogen-bond acceptors (Lipinski definition) is 2. The van der Waals surface area contributed by atoms with E-state index in [0.717, 1.165) is 0 Å². The highest BCUT2D eigenvalue weighted by Crippen LogP contribution is 2.37. The maximum absolute atomic E-state index is 13.5. The second-order valence-electron chi connectivity index (χ2n) is 3.09. The first kappa shape index (κ1) is 12.4. The van der Waals surface area contributed by atoms with Crippen LogP contribution in [0.1, 0.15) is 12.0 Å². The molecule has 15 heavy (non-hydrogen) atoms. The molecule has 1 aromatic carbocycles. The van der Waals surface area contributed by atoms with Crippen LogP contribution in [0.4, 0.5) is 8.78 Å². The minimum atomic E-state index is -2.90.